The molecule has 16 aliphatic carbocycles. The van der Waals surface area contributed by atoms with Crippen LogP contribution in [0.25, 0.3) is 0 Å². The Morgan fingerprint density at radius 1 is 0.370 bits per heavy atom. The van der Waals surface area contributed by atoms with Gasteiger partial charge in [0.2, 0.25) is 0 Å². The molecule has 4 aromatic carbocycles. The van der Waals surface area contributed by atoms with E-state index in [2.05, 4.69) is 76.7 Å². The maximum Gasteiger partial charge on any atom is 0.122 e. The van der Waals surface area contributed by atoms with E-state index in [9.17, 15) is 15.3 Å². The van der Waals surface area contributed by atoms with Crippen molar-refractivity contribution in [3.05, 3.63) is 117 Å². The number of phenolic OH excluding ortho intramolecular Hbond substituents is 3. The van der Waals surface area contributed by atoms with Gasteiger partial charge in [0.05, 0.1) is 6.61 Å². The fraction of sp³-hybridized carbons (Fsp3) is 0.671. The summed E-state index contributed by atoms with van der Waals surface area (Å²) in [5.41, 5.74) is 11.7. The molecular weight excluding hydrogens is 997 g/mol. The van der Waals surface area contributed by atoms with E-state index in [1.807, 2.05) is 38.1 Å². The van der Waals surface area contributed by atoms with Crippen LogP contribution in [0.1, 0.15) is 199 Å². The summed E-state index contributed by atoms with van der Waals surface area (Å²) in [6.07, 6.45) is 36.1. The number of ether oxygens (including phenoxy) is 1. The van der Waals surface area contributed by atoms with E-state index in [-0.39, 0.29) is 0 Å². The van der Waals surface area contributed by atoms with Gasteiger partial charge in [-0.2, -0.15) is 0 Å². The zero-order valence-electron chi connectivity index (χ0n) is 49.8. The summed E-state index contributed by atoms with van der Waals surface area (Å²) in [5, 5.41) is 44.5. The number of aromatic hydroxyl groups is 3. The lowest BCUT2D eigenvalue weighted by Crippen LogP contribution is -2.58. The van der Waals surface area contributed by atoms with Crippen LogP contribution in [0.3, 0.4) is 0 Å². The molecule has 1 heterocycles. The lowest BCUT2D eigenvalue weighted by atomic mass is 9.53. The first-order chi connectivity index (χ1) is 39.1. The van der Waals surface area contributed by atoms with Crippen LogP contribution in [0.4, 0.5) is 0 Å². The molecule has 16 fully saturated rings. The molecule has 1 aliphatic heterocycles. The standard InChI is InChI=1S/C19H25NO.3C18H25NO/c1-2-18-17(3-4-21-18)8-13(1)12-20-19-9-14-5-15(10-19)7-16(6-14)11-19;1-12-4-17(20)3-2-16(12)11-19-18-8-13-5-14(9-18)7-15(6-13)10-18;2*1-12-4-13(2-3-17(12)20)11-19-18-8-14-5-15(9-18)7-16(6-14)10-18/h1-2,8,14-16,20H,3-7,9-12H2;2-4,13-15,19-20H,5-11H2,1H3;2*2-4,14-16,19-20H,5-11H2,1H3. The first-order valence-corrected chi connectivity index (χ1v) is 33.2. The summed E-state index contributed by atoms with van der Waals surface area (Å²) < 4.78 is 5.61. The minimum absolute atomic E-state index is 0.376. The van der Waals surface area contributed by atoms with Gasteiger partial charge in [0.15, 0.2) is 0 Å². The Morgan fingerprint density at radius 2 is 0.691 bits per heavy atom. The Bertz CT molecular complexity index is 2670. The van der Waals surface area contributed by atoms with E-state index < -0.39 is 0 Å². The minimum atomic E-state index is 0.376. The Morgan fingerprint density at radius 3 is 1.02 bits per heavy atom. The lowest BCUT2D eigenvalue weighted by Gasteiger charge is -2.57. The van der Waals surface area contributed by atoms with Crippen LogP contribution in [0.2, 0.25) is 0 Å². The third-order valence-electron chi connectivity index (χ3n) is 24.4. The molecule has 0 spiro atoms. The second kappa shape index (κ2) is 22.1. The predicted molar refractivity (Wildman–Crippen MR) is 325 cm³/mol. The number of rotatable bonds is 12. The molecule has 436 valence electrons. The van der Waals surface area contributed by atoms with E-state index in [0.29, 0.717) is 39.4 Å². The minimum Gasteiger partial charge on any atom is -0.508 e. The highest BCUT2D eigenvalue weighted by Crippen LogP contribution is 2.59. The van der Waals surface area contributed by atoms with E-state index in [1.54, 1.807) is 0 Å². The maximum atomic E-state index is 9.62. The normalized spacial score (nSPS) is 38.6. The number of hydrogen-bond donors (Lipinski definition) is 7. The first-order valence-electron chi connectivity index (χ1n) is 33.2. The third kappa shape index (κ3) is 12.0. The summed E-state index contributed by atoms with van der Waals surface area (Å²) in [5.74, 6) is 14.3. The van der Waals surface area contributed by atoms with Crippen LogP contribution in [0, 0.1) is 91.8 Å². The molecule has 8 nitrogen and oxygen atoms in total. The van der Waals surface area contributed by atoms with Gasteiger partial charge in [-0.15, -0.1) is 0 Å². The molecular formula is C73H100N4O4. The lowest BCUT2D eigenvalue weighted by molar-refractivity contribution is -0.0207. The monoisotopic (exact) mass is 1100 g/mol. The summed E-state index contributed by atoms with van der Waals surface area (Å²) in [7, 11) is 0. The SMILES string of the molecule is Cc1cc(CNC23CC4CC(CC(C4)C2)C3)ccc1O.Cc1cc(CNC23CC4CC(CC(C4)C2)C3)ccc1O.Cc1cc(O)ccc1CNC12CC3CC(CC(C3)C1)C2.c1cc2c(cc1CNC13CC4CC(CC(C4)C1)C3)CCO2. The Balaban J connectivity index is 0.0000000970. The van der Waals surface area contributed by atoms with Crippen molar-refractivity contribution in [1.82, 2.24) is 21.3 Å². The van der Waals surface area contributed by atoms with Crippen LogP contribution in [0.15, 0.2) is 72.8 Å². The van der Waals surface area contributed by atoms with Crippen molar-refractivity contribution < 1.29 is 20.1 Å². The molecule has 16 bridgehead atoms. The van der Waals surface area contributed by atoms with Crippen molar-refractivity contribution in [1.29, 1.82) is 0 Å². The molecule has 0 saturated heterocycles. The van der Waals surface area contributed by atoms with E-state index >= 15 is 0 Å². The van der Waals surface area contributed by atoms with Gasteiger partial charge in [0, 0.05) is 54.8 Å². The molecule has 0 radical (unpaired) electrons. The highest BCUT2D eigenvalue weighted by Gasteiger charge is 2.54. The fourth-order valence-electron chi connectivity index (χ4n) is 22.3. The van der Waals surface area contributed by atoms with E-state index in [4.69, 9.17) is 4.74 Å². The molecule has 16 saturated carbocycles. The fourth-order valence-corrected chi connectivity index (χ4v) is 22.3. The summed E-state index contributed by atoms with van der Waals surface area (Å²) in [4.78, 5) is 0. The molecule has 17 aliphatic rings. The molecule has 0 unspecified atom stereocenters. The number of fused-ring (bicyclic) bond motifs is 1. The summed E-state index contributed by atoms with van der Waals surface area (Å²) >= 11 is 0. The van der Waals surface area contributed by atoms with E-state index in [1.165, 1.54) is 187 Å². The first kappa shape index (κ1) is 54.8. The zero-order valence-corrected chi connectivity index (χ0v) is 49.8. The van der Waals surface area contributed by atoms with Crippen molar-refractivity contribution in [3.8, 4) is 23.0 Å². The second-order valence-electron chi connectivity index (χ2n) is 31.1. The van der Waals surface area contributed by atoms with Gasteiger partial charge in [-0.3, -0.25) is 0 Å². The van der Waals surface area contributed by atoms with Gasteiger partial charge in [-0.05, 0) is 321 Å². The number of phenols is 3. The Labute approximate surface area is 486 Å². The number of hydrogen-bond acceptors (Lipinski definition) is 8. The topological polar surface area (TPSA) is 118 Å². The summed E-state index contributed by atoms with van der Waals surface area (Å²) in [6, 6.07) is 24.5. The average Bonchev–Trinajstić information content (AvgIpc) is 4.00. The zero-order chi connectivity index (χ0) is 55.1. The van der Waals surface area contributed by atoms with Gasteiger partial charge in [0.1, 0.15) is 23.0 Å². The number of nitrogens with one attached hydrogen (secondary N) is 4. The molecule has 4 aromatic rings. The third-order valence-corrected chi connectivity index (χ3v) is 24.4. The van der Waals surface area contributed by atoms with Crippen LogP contribution < -0.4 is 26.0 Å². The van der Waals surface area contributed by atoms with Crippen LogP contribution >= 0.6 is 0 Å². The van der Waals surface area contributed by atoms with Crippen molar-refractivity contribution in [3.63, 3.8) is 0 Å². The Kier molecular flexibility index (Phi) is 14.9. The highest BCUT2D eigenvalue weighted by atomic mass is 16.5. The van der Waals surface area contributed by atoms with Crippen molar-refractivity contribution in [2.24, 2.45) is 71.0 Å². The van der Waals surface area contributed by atoms with Crippen LogP contribution in [-0.2, 0) is 32.6 Å². The molecule has 21 rings (SSSR count). The van der Waals surface area contributed by atoms with Gasteiger partial charge < -0.3 is 41.3 Å². The van der Waals surface area contributed by atoms with Gasteiger partial charge in [-0.25, -0.2) is 0 Å². The van der Waals surface area contributed by atoms with Gasteiger partial charge >= 0.3 is 0 Å². The molecule has 8 heteroatoms. The smallest absolute Gasteiger partial charge is 0.122 e. The van der Waals surface area contributed by atoms with Crippen molar-refractivity contribution in [2.75, 3.05) is 6.61 Å². The number of aryl methyl sites for hydroxylation is 3. The average molecular weight is 1100 g/mol. The molecule has 0 amide bonds. The highest BCUT2D eigenvalue weighted by molar-refractivity contribution is 5.40. The quantitative estimate of drug-likeness (QED) is 0.0750. The molecule has 7 N–H and O–H groups in total. The largest absolute Gasteiger partial charge is 0.508 e. The second-order valence-corrected chi connectivity index (χ2v) is 31.1. The van der Waals surface area contributed by atoms with Crippen molar-refractivity contribution in [2.45, 2.75) is 230 Å². The summed E-state index contributed by atoms with van der Waals surface area (Å²) in [6.45, 7) is 10.8. The van der Waals surface area contributed by atoms with Gasteiger partial charge in [-0.1, -0.05) is 42.5 Å². The maximum absolute atomic E-state index is 9.62. The van der Waals surface area contributed by atoms with Crippen LogP contribution in [0.5, 0.6) is 23.0 Å². The van der Waals surface area contributed by atoms with E-state index in [0.717, 1.165) is 127 Å². The van der Waals surface area contributed by atoms with Crippen molar-refractivity contribution >= 4 is 0 Å². The van der Waals surface area contributed by atoms with Gasteiger partial charge in [0.25, 0.3) is 0 Å². The Hall–Kier alpha value is -4.08. The van der Waals surface area contributed by atoms with Crippen LogP contribution in [-0.4, -0.2) is 44.1 Å². The molecule has 81 heavy (non-hydrogen) atoms. The molecule has 0 aromatic heterocycles. The number of benzene rings is 4. The molecule has 0 atom stereocenters. The predicted octanol–water partition coefficient (Wildman–Crippen LogP) is 15.0.